The third-order valence-electron chi connectivity index (χ3n) is 3.04. The van der Waals surface area contributed by atoms with E-state index in [1.165, 1.54) is 36.4 Å². The SMILES string of the molecule is C=C/C=C(\C=C)OC(=O)c1cc(O)cc(C(=O)Oc2ccccc2)c1. The van der Waals surface area contributed by atoms with Crippen LogP contribution in [0.4, 0.5) is 0 Å². The molecule has 2 aromatic rings. The Morgan fingerprint density at radius 3 is 2.20 bits per heavy atom. The van der Waals surface area contributed by atoms with Crippen molar-refractivity contribution in [3.05, 3.63) is 96.8 Å². The number of hydrogen-bond donors (Lipinski definition) is 1. The van der Waals surface area contributed by atoms with Crippen LogP contribution in [0.5, 0.6) is 11.5 Å². The van der Waals surface area contributed by atoms with Crippen molar-refractivity contribution in [2.75, 3.05) is 0 Å². The van der Waals surface area contributed by atoms with Crippen LogP contribution < -0.4 is 4.74 Å². The Hall–Kier alpha value is -3.60. The Morgan fingerprint density at radius 2 is 1.60 bits per heavy atom. The zero-order valence-corrected chi connectivity index (χ0v) is 13.3. The van der Waals surface area contributed by atoms with Gasteiger partial charge in [0.05, 0.1) is 11.1 Å². The Labute approximate surface area is 145 Å². The van der Waals surface area contributed by atoms with Gasteiger partial charge >= 0.3 is 11.9 Å². The molecule has 2 aromatic carbocycles. The predicted molar refractivity (Wildman–Crippen MR) is 93.4 cm³/mol. The minimum atomic E-state index is -0.752. The zero-order chi connectivity index (χ0) is 18.2. The van der Waals surface area contributed by atoms with Gasteiger partial charge in [0, 0.05) is 0 Å². The number of hydrogen-bond acceptors (Lipinski definition) is 5. The number of carbonyl (C=O) groups is 2. The van der Waals surface area contributed by atoms with Crippen LogP contribution in [0.25, 0.3) is 0 Å². The minimum Gasteiger partial charge on any atom is -0.508 e. The highest BCUT2D eigenvalue weighted by atomic mass is 16.5. The molecule has 0 atom stereocenters. The summed E-state index contributed by atoms with van der Waals surface area (Å²) in [7, 11) is 0. The third kappa shape index (κ3) is 4.94. The number of rotatable bonds is 6. The van der Waals surface area contributed by atoms with Crippen molar-refractivity contribution in [1.29, 1.82) is 0 Å². The van der Waals surface area contributed by atoms with Gasteiger partial charge in [-0.15, -0.1) is 0 Å². The largest absolute Gasteiger partial charge is 0.508 e. The molecule has 0 aliphatic rings. The van der Waals surface area contributed by atoms with E-state index in [2.05, 4.69) is 13.2 Å². The summed E-state index contributed by atoms with van der Waals surface area (Å²) in [5, 5.41) is 9.79. The first-order chi connectivity index (χ1) is 12.0. The smallest absolute Gasteiger partial charge is 0.343 e. The van der Waals surface area contributed by atoms with E-state index < -0.39 is 11.9 Å². The molecule has 0 heterocycles. The van der Waals surface area contributed by atoms with E-state index in [1.54, 1.807) is 30.3 Å². The van der Waals surface area contributed by atoms with E-state index in [0.717, 1.165) is 0 Å². The van der Waals surface area contributed by atoms with Crippen LogP contribution in [-0.4, -0.2) is 17.0 Å². The van der Waals surface area contributed by atoms with Gasteiger partial charge in [0.1, 0.15) is 17.3 Å². The van der Waals surface area contributed by atoms with E-state index in [4.69, 9.17) is 9.47 Å². The molecular formula is C20H16O5. The lowest BCUT2D eigenvalue weighted by Crippen LogP contribution is -2.11. The average molecular weight is 336 g/mol. The lowest BCUT2D eigenvalue weighted by molar-refractivity contribution is 0.0636. The Morgan fingerprint density at radius 1 is 0.960 bits per heavy atom. The van der Waals surface area contributed by atoms with Gasteiger partial charge < -0.3 is 14.6 Å². The first-order valence-electron chi connectivity index (χ1n) is 7.32. The fourth-order valence-corrected chi connectivity index (χ4v) is 1.93. The van der Waals surface area contributed by atoms with Crippen LogP contribution in [0.3, 0.4) is 0 Å². The molecule has 1 N–H and O–H groups in total. The van der Waals surface area contributed by atoms with Crippen molar-refractivity contribution in [3.8, 4) is 11.5 Å². The maximum absolute atomic E-state index is 12.2. The lowest BCUT2D eigenvalue weighted by atomic mass is 10.1. The molecule has 25 heavy (non-hydrogen) atoms. The molecule has 0 radical (unpaired) electrons. The molecule has 2 rings (SSSR count). The standard InChI is InChI=1S/C20H16O5/c1-3-8-17(4-2)24-19(22)14-11-15(13-16(21)12-14)20(23)25-18-9-6-5-7-10-18/h3-13,21H,1-2H2/b17-8+. The van der Waals surface area contributed by atoms with Gasteiger partial charge in [0.25, 0.3) is 0 Å². The van der Waals surface area contributed by atoms with E-state index >= 15 is 0 Å². The summed E-state index contributed by atoms with van der Waals surface area (Å²) in [6.07, 6.45) is 4.24. The summed E-state index contributed by atoms with van der Waals surface area (Å²) in [5.74, 6) is -1.18. The fraction of sp³-hybridized carbons (Fsp3) is 0. The molecule has 5 nitrogen and oxygen atoms in total. The molecule has 126 valence electrons. The zero-order valence-electron chi connectivity index (χ0n) is 13.3. The normalized spacial score (nSPS) is 10.6. The van der Waals surface area contributed by atoms with Gasteiger partial charge in [0.15, 0.2) is 0 Å². The molecule has 0 unspecified atom stereocenters. The van der Waals surface area contributed by atoms with Crippen LogP contribution in [0.1, 0.15) is 20.7 Å². The minimum absolute atomic E-state index is 0.00294. The first kappa shape index (κ1) is 17.7. The van der Waals surface area contributed by atoms with Gasteiger partial charge in [-0.25, -0.2) is 9.59 Å². The molecule has 0 bridgehead atoms. The monoisotopic (exact) mass is 336 g/mol. The van der Waals surface area contributed by atoms with Gasteiger partial charge in [-0.3, -0.25) is 0 Å². The number of ether oxygens (including phenoxy) is 2. The number of phenols is 1. The number of esters is 2. The highest BCUT2D eigenvalue weighted by Gasteiger charge is 2.16. The van der Waals surface area contributed by atoms with Gasteiger partial charge in [0.2, 0.25) is 0 Å². The number of para-hydroxylation sites is 1. The second-order valence-corrected chi connectivity index (χ2v) is 4.87. The van der Waals surface area contributed by atoms with Gasteiger partial charge in [-0.2, -0.15) is 0 Å². The third-order valence-corrected chi connectivity index (χ3v) is 3.04. The predicted octanol–water partition coefficient (Wildman–Crippen LogP) is 4.02. The molecule has 0 aliphatic heterocycles. The molecule has 0 aromatic heterocycles. The molecule has 0 spiro atoms. The number of aromatic hydroxyl groups is 1. The van der Waals surface area contributed by atoms with Crippen LogP contribution in [0.15, 0.2) is 85.7 Å². The highest BCUT2D eigenvalue weighted by Crippen LogP contribution is 2.20. The molecule has 0 saturated carbocycles. The van der Waals surface area contributed by atoms with Crippen molar-refractivity contribution in [2.24, 2.45) is 0 Å². The fourth-order valence-electron chi connectivity index (χ4n) is 1.93. The first-order valence-corrected chi connectivity index (χ1v) is 7.32. The second-order valence-electron chi connectivity index (χ2n) is 4.87. The van der Waals surface area contributed by atoms with E-state index in [0.29, 0.717) is 5.75 Å². The van der Waals surface area contributed by atoms with E-state index in [1.807, 2.05) is 0 Å². The van der Waals surface area contributed by atoms with E-state index in [-0.39, 0.29) is 22.6 Å². The topological polar surface area (TPSA) is 72.8 Å². The number of phenolic OH excluding ortho intramolecular Hbond substituents is 1. The number of carbonyl (C=O) groups excluding carboxylic acids is 2. The van der Waals surface area contributed by atoms with Crippen LogP contribution in [0, 0.1) is 0 Å². The summed E-state index contributed by atoms with van der Waals surface area (Å²) in [6.45, 7) is 7.02. The summed E-state index contributed by atoms with van der Waals surface area (Å²) < 4.78 is 10.3. The van der Waals surface area contributed by atoms with Crippen LogP contribution in [-0.2, 0) is 4.74 Å². The van der Waals surface area contributed by atoms with Crippen molar-refractivity contribution in [1.82, 2.24) is 0 Å². The summed E-state index contributed by atoms with van der Waals surface area (Å²) in [4.78, 5) is 24.4. The Bertz CT molecular complexity index is 834. The van der Waals surface area contributed by atoms with E-state index in [9.17, 15) is 14.7 Å². The van der Waals surface area contributed by atoms with Gasteiger partial charge in [-0.1, -0.05) is 37.4 Å². The summed E-state index contributed by atoms with van der Waals surface area (Å²) in [6, 6.07) is 12.1. The van der Waals surface area contributed by atoms with Crippen molar-refractivity contribution in [2.45, 2.75) is 0 Å². The Balaban J connectivity index is 2.23. The van der Waals surface area contributed by atoms with Crippen LogP contribution in [0.2, 0.25) is 0 Å². The van der Waals surface area contributed by atoms with Crippen molar-refractivity contribution < 1.29 is 24.2 Å². The summed E-state index contributed by atoms with van der Waals surface area (Å²) >= 11 is 0. The van der Waals surface area contributed by atoms with Crippen LogP contribution >= 0.6 is 0 Å². The quantitative estimate of drug-likeness (QED) is 0.373. The molecule has 0 fully saturated rings. The highest BCUT2D eigenvalue weighted by molar-refractivity contribution is 5.97. The average Bonchev–Trinajstić information content (AvgIpc) is 2.61. The molecule has 0 amide bonds. The molecule has 0 aliphatic carbocycles. The maximum Gasteiger partial charge on any atom is 0.343 e. The van der Waals surface area contributed by atoms with Gasteiger partial charge in [-0.05, 0) is 42.5 Å². The van der Waals surface area contributed by atoms with Crippen molar-refractivity contribution >= 4 is 11.9 Å². The number of allylic oxidation sites excluding steroid dienone is 3. The Kier molecular flexibility index (Phi) is 5.90. The second kappa shape index (κ2) is 8.31. The number of benzene rings is 2. The lowest BCUT2D eigenvalue weighted by Gasteiger charge is -2.08. The van der Waals surface area contributed by atoms with Crippen molar-refractivity contribution in [3.63, 3.8) is 0 Å². The molecular weight excluding hydrogens is 320 g/mol. The molecule has 5 heteroatoms. The maximum atomic E-state index is 12.2. The summed E-state index contributed by atoms with van der Waals surface area (Å²) in [5.41, 5.74) is 0.0143. The molecule has 0 saturated heterocycles.